The average Bonchev–Trinajstić information content (AvgIpc) is 2.54. The molecule has 0 aromatic heterocycles. The Morgan fingerprint density at radius 1 is 1.61 bits per heavy atom. The van der Waals surface area contributed by atoms with Crippen molar-refractivity contribution in [3.05, 3.63) is 11.6 Å². The van der Waals surface area contributed by atoms with Crippen LogP contribution in [0.15, 0.2) is 11.6 Å². The summed E-state index contributed by atoms with van der Waals surface area (Å²) in [4.78, 5) is 24.2. The number of carboxylic acid groups (broad SMARTS) is 1. The summed E-state index contributed by atoms with van der Waals surface area (Å²) in [6.07, 6.45) is 6.22. The van der Waals surface area contributed by atoms with E-state index in [1.807, 2.05) is 0 Å². The molecule has 2 rings (SSSR count). The van der Waals surface area contributed by atoms with E-state index in [1.165, 1.54) is 4.90 Å². The standard InChI is InChI=1S/C12H15NO3S2/c1-18-10(8-5-3-2-4-6-8)11(16)13(12(18)17)7-9(14)15/h5,10H,1-4,6-7H2,(H,14,15). The molecule has 0 radical (unpaired) electrons. The van der Waals surface area contributed by atoms with Gasteiger partial charge < -0.3 is 5.11 Å². The van der Waals surface area contributed by atoms with E-state index < -0.39 is 16.5 Å². The number of carbonyl (C=O) groups is 2. The number of aliphatic carboxylic acids is 1. The lowest BCUT2D eigenvalue weighted by molar-refractivity contribution is -0.141. The van der Waals surface area contributed by atoms with Crippen LogP contribution in [0.4, 0.5) is 0 Å². The van der Waals surface area contributed by atoms with Crippen LogP contribution in [0, 0.1) is 0 Å². The van der Waals surface area contributed by atoms with Crippen LogP contribution in [-0.4, -0.2) is 43.9 Å². The summed E-state index contributed by atoms with van der Waals surface area (Å²) in [5.41, 5.74) is 1.10. The maximum atomic E-state index is 12.3. The van der Waals surface area contributed by atoms with Crippen molar-refractivity contribution in [2.24, 2.45) is 0 Å². The Morgan fingerprint density at radius 3 is 2.89 bits per heavy atom. The molecule has 1 aliphatic heterocycles. The molecule has 0 spiro atoms. The Kier molecular flexibility index (Phi) is 3.97. The van der Waals surface area contributed by atoms with Crippen molar-refractivity contribution in [1.29, 1.82) is 0 Å². The molecule has 98 valence electrons. The lowest BCUT2D eigenvalue weighted by Crippen LogP contribution is -2.36. The minimum atomic E-state index is -1.04. The second-order valence-electron chi connectivity index (χ2n) is 4.42. The number of amides is 1. The molecule has 1 saturated heterocycles. The molecule has 2 unspecified atom stereocenters. The maximum absolute atomic E-state index is 12.3. The molecule has 1 fully saturated rings. The van der Waals surface area contributed by atoms with Gasteiger partial charge in [-0.2, -0.15) is 0 Å². The molecule has 1 aliphatic carbocycles. The van der Waals surface area contributed by atoms with E-state index >= 15 is 0 Å². The van der Waals surface area contributed by atoms with Crippen LogP contribution < -0.4 is 0 Å². The molecule has 6 heteroatoms. The number of allylic oxidation sites excluding steroid dienone is 1. The number of hydrogen-bond acceptors (Lipinski definition) is 3. The average molecular weight is 285 g/mol. The number of hydrogen-bond donors (Lipinski definition) is 1. The van der Waals surface area contributed by atoms with Crippen LogP contribution in [0.25, 0.3) is 0 Å². The van der Waals surface area contributed by atoms with Gasteiger partial charge in [-0.3, -0.25) is 14.5 Å². The van der Waals surface area contributed by atoms with Crippen LogP contribution in [0.1, 0.15) is 25.7 Å². The van der Waals surface area contributed by atoms with E-state index in [-0.39, 0.29) is 17.7 Å². The number of carbonyl (C=O) groups excluding carboxylic acids is 1. The lowest BCUT2D eigenvalue weighted by Gasteiger charge is -2.18. The number of rotatable bonds is 3. The Balaban J connectivity index is 2.25. The minimum Gasteiger partial charge on any atom is -0.480 e. The maximum Gasteiger partial charge on any atom is 0.323 e. The topological polar surface area (TPSA) is 57.6 Å². The molecular formula is C12H15NO3S2. The molecule has 2 aliphatic rings. The number of carboxylic acids is 1. The van der Waals surface area contributed by atoms with E-state index in [0.29, 0.717) is 4.32 Å². The fourth-order valence-corrected chi connectivity index (χ4v) is 4.35. The zero-order chi connectivity index (χ0) is 13.3. The van der Waals surface area contributed by atoms with Gasteiger partial charge in [-0.05, 0) is 25.7 Å². The highest BCUT2D eigenvalue weighted by molar-refractivity contribution is 8.35. The summed E-state index contributed by atoms with van der Waals surface area (Å²) < 4.78 is 0.388. The van der Waals surface area contributed by atoms with E-state index in [9.17, 15) is 9.59 Å². The first-order chi connectivity index (χ1) is 8.52. The molecule has 1 N–H and O–H groups in total. The molecule has 1 heterocycles. The first kappa shape index (κ1) is 13.4. The van der Waals surface area contributed by atoms with Crippen LogP contribution in [-0.2, 0) is 9.59 Å². The van der Waals surface area contributed by atoms with Gasteiger partial charge in [0.25, 0.3) is 0 Å². The van der Waals surface area contributed by atoms with Gasteiger partial charge in [-0.1, -0.05) is 29.7 Å². The molecule has 1 amide bonds. The van der Waals surface area contributed by atoms with Crippen LogP contribution >= 0.6 is 22.7 Å². The van der Waals surface area contributed by atoms with Crippen molar-refractivity contribution in [3.8, 4) is 0 Å². The predicted octanol–water partition coefficient (Wildman–Crippen LogP) is 1.77. The van der Waals surface area contributed by atoms with Gasteiger partial charge in [0, 0.05) is 0 Å². The summed E-state index contributed by atoms with van der Waals surface area (Å²) >= 11 is 5.17. The normalized spacial score (nSPS) is 28.4. The van der Waals surface area contributed by atoms with Gasteiger partial charge in [0.2, 0.25) is 5.91 Å². The molecule has 2 atom stereocenters. The largest absolute Gasteiger partial charge is 0.480 e. The van der Waals surface area contributed by atoms with E-state index in [0.717, 1.165) is 31.3 Å². The third kappa shape index (κ3) is 2.40. The molecule has 0 aromatic carbocycles. The predicted molar refractivity (Wildman–Crippen MR) is 77.0 cm³/mol. The molecule has 4 nitrogen and oxygen atoms in total. The Morgan fingerprint density at radius 2 is 2.33 bits per heavy atom. The van der Waals surface area contributed by atoms with E-state index in [1.54, 1.807) is 0 Å². The van der Waals surface area contributed by atoms with Gasteiger partial charge in [0.15, 0.2) is 0 Å². The first-order valence-corrected chi connectivity index (χ1v) is 7.67. The van der Waals surface area contributed by atoms with Crippen molar-refractivity contribution < 1.29 is 14.7 Å². The monoisotopic (exact) mass is 285 g/mol. The zero-order valence-corrected chi connectivity index (χ0v) is 11.6. The van der Waals surface area contributed by atoms with Crippen LogP contribution in [0.2, 0.25) is 0 Å². The second-order valence-corrected chi connectivity index (χ2v) is 6.78. The van der Waals surface area contributed by atoms with Gasteiger partial charge in [-0.25, -0.2) is 0 Å². The van der Waals surface area contributed by atoms with Gasteiger partial charge in [0.1, 0.15) is 16.1 Å². The van der Waals surface area contributed by atoms with Crippen molar-refractivity contribution in [2.45, 2.75) is 30.9 Å². The fourth-order valence-electron chi connectivity index (χ4n) is 2.32. The summed E-state index contributed by atoms with van der Waals surface area (Å²) in [6, 6.07) is 0. The van der Waals surface area contributed by atoms with Gasteiger partial charge in [-0.15, -0.1) is 10.5 Å². The van der Waals surface area contributed by atoms with E-state index in [2.05, 4.69) is 11.9 Å². The lowest BCUT2D eigenvalue weighted by atomic mass is 9.96. The van der Waals surface area contributed by atoms with Crippen molar-refractivity contribution in [1.82, 2.24) is 4.90 Å². The Hall–Kier alpha value is -1.01. The fraction of sp³-hybridized carbons (Fsp3) is 0.500. The molecule has 0 bridgehead atoms. The van der Waals surface area contributed by atoms with E-state index in [4.69, 9.17) is 17.3 Å². The minimum absolute atomic E-state index is 0.186. The van der Waals surface area contributed by atoms with Crippen LogP contribution in [0.3, 0.4) is 0 Å². The zero-order valence-electron chi connectivity index (χ0n) is 9.92. The highest BCUT2D eigenvalue weighted by Crippen LogP contribution is 2.39. The summed E-state index contributed by atoms with van der Waals surface area (Å²) in [5, 5.41) is 8.50. The molecule has 18 heavy (non-hydrogen) atoms. The SMILES string of the molecule is C=S1C(=S)N(CC(=O)O)C(=O)C1C1=CCCCC1. The van der Waals surface area contributed by atoms with Crippen molar-refractivity contribution in [2.75, 3.05) is 6.54 Å². The highest BCUT2D eigenvalue weighted by Gasteiger charge is 2.41. The third-order valence-electron chi connectivity index (χ3n) is 3.18. The van der Waals surface area contributed by atoms with Gasteiger partial charge >= 0.3 is 5.97 Å². The summed E-state index contributed by atoms with van der Waals surface area (Å²) in [6.45, 7) is -0.347. The Bertz CT molecular complexity index is 470. The highest BCUT2D eigenvalue weighted by atomic mass is 32.2. The van der Waals surface area contributed by atoms with Gasteiger partial charge in [0.05, 0.1) is 0 Å². The van der Waals surface area contributed by atoms with Crippen LogP contribution in [0.5, 0.6) is 0 Å². The third-order valence-corrected chi connectivity index (χ3v) is 5.78. The Labute approximate surface area is 114 Å². The number of nitrogens with zero attached hydrogens (tertiary/aromatic N) is 1. The second kappa shape index (κ2) is 5.32. The number of thiocarbonyl (C=S) groups is 1. The smallest absolute Gasteiger partial charge is 0.323 e. The summed E-state index contributed by atoms with van der Waals surface area (Å²) in [7, 11) is -0.603. The first-order valence-electron chi connectivity index (χ1n) is 5.81. The quantitative estimate of drug-likeness (QED) is 0.634. The summed E-state index contributed by atoms with van der Waals surface area (Å²) in [5.74, 6) is 2.75. The van der Waals surface area contributed by atoms with Crippen molar-refractivity contribution in [3.63, 3.8) is 0 Å². The molecular weight excluding hydrogens is 270 g/mol. The molecule has 0 aromatic rings. The van der Waals surface area contributed by atoms with Crippen molar-refractivity contribution >= 4 is 44.8 Å². The molecule has 0 saturated carbocycles.